The monoisotopic (exact) mass is 529 g/mol. The van der Waals surface area contributed by atoms with Crippen LogP contribution in [0.5, 0.6) is 0 Å². The van der Waals surface area contributed by atoms with Crippen LogP contribution in [0.1, 0.15) is 26.3 Å². The quantitative estimate of drug-likeness (QED) is 0.452. The summed E-state index contributed by atoms with van der Waals surface area (Å²) in [5.41, 5.74) is 1.43. The summed E-state index contributed by atoms with van der Waals surface area (Å²) >= 11 is 1.14. The Bertz CT molecular complexity index is 641. The number of hydrogen-bond donors (Lipinski definition) is 3. The fourth-order valence-electron chi connectivity index (χ4n) is 1.38. The predicted molar refractivity (Wildman–Crippen MR) is 94.0 cm³/mol. The summed E-state index contributed by atoms with van der Waals surface area (Å²) in [7, 11) is 0. The molecule has 0 saturated heterocycles. The number of rotatable bonds is 0. The number of aryl methyl sites for hydroxylation is 1. The van der Waals surface area contributed by atoms with E-state index in [1.165, 1.54) is 19.5 Å². The normalized spacial score (nSPS) is 8.38. The molecular formula is C17H21O6Pb. The molecule has 0 saturated carbocycles. The first-order valence-corrected chi connectivity index (χ1v) is 8.71. The molecule has 0 fully saturated rings. The summed E-state index contributed by atoms with van der Waals surface area (Å²) in [4.78, 5) is 27.0. The van der Waals surface area contributed by atoms with Crippen molar-refractivity contribution >= 4 is 57.6 Å². The average molecular weight is 529 g/mol. The summed E-state index contributed by atoms with van der Waals surface area (Å²) in [6, 6.07) is 13.0. The van der Waals surface area contributed by atoms with Gasteiger partial charge in [-0.1, -0.05) is 0 Å². The van der Waals surface area contributed by atoms with Gasteiger partial charge in [-0.15, -0.1) is 0 Å². The molecule has 2 aromatic rings. The zero-order valence-corrected chi connectivity index (χ0v) is 17.9. The molecule has 0 heterocycles. The molecule has 0 aliphatic heterocycles. The van der Waals surface area contributed by atoms with Crippen molar-refractivity contribution in [1.29, 1.82) is 0 Å². The number of aliphatic carboxylic acids is 3. The van der Waals surface area contributed by atoms with Crippen LogP contribution in [0.4, 0.5) is 0 Å². The summed E-state index contributed by atoms with van der Waals surface area (Å²) in [5.74, 6) is -2.50. The molecule has 0 spiro atoms. The Morgan fingerprint density at radius 1 is 0.792 bits per heavy atom. The first kappa shape index (κ1) is 24.3. The zero-order valence-electron chi connectivity index (χ0n) is 14.0. The molecule has 2 rings (SSSR count). The molecule has 7 heteroatoms. The van der Waals surface area contributed by atoms with Gasteiger partial charge in [-0.05, 0) is 0 Å². The van der Waals surface area contributed by atoms with E-state index in [-0.39, 0.29) is 0 Å². The molecule has 0 unspecified atom stereocenters. The Morgan fingerprint density at radius 2 is 1.17 bits per heavy atom. The fourth-order valence-corrected chi connectivity index (χ4v) is 2.59. The molecule has 129 valence electrons. The number of carbonyl (C=O) groups is 3. The van der Waals surface area contributed by atoms with Gasteiger partial charge in [0.25, 0.3) is 17.9 Å². The van der Waals surface area contributed by atoms with Gasteiger partial charge in [0.05, 0.1) is 0 Å². The van der Waals surface area contributed by atoms with Crippen molar-refractivity contribution in [3.05, 3.63) is 42.0 Å². The summed E-state index contributed by atoms with van der Waals surface area (Å²) in [5, 5.41) is 25.1. The van der Waals surface area contributed by atoms with Crippen LogP contribution in [0, 0.1) is 6.92 Å². The molecule has 0 bridgehead atoms. The number of fused-ring (bicyclic) bond motifs is 1. The van der Waals surface area contributed by atoms with Gasteiger partial charge >= 0.3 is 88.5 Å². The Labute approximate surface area is 156 Å². The maximum atomic E-state index is 9.00. The molecule has 3 radical (unpaired) electrons. The van der Waals surface area contributed by atoms with E-state index in [9.17, 15) is 0 Å². The van der Waals surface area contributed by atoms with Gasteiger partial charge in [0.1, 0.15) is 0 Å². The number of carboxylic acids is 3. The molecule has 6 nitrogen and oxygen atoms in total. The molecule has 0 atom stereocenters. The van der Waals surface area contributed by atoms with E-state index in [2.05, 4.69) is 43.3 Å². The molecule has 0 aliphatic carbocycles. The van der Waals surface area contributed by atoms with Crippen molar-refractivity contribution in [2.75, 3.05) is 0 Å². The molecule has 0 aliphatic rings. The zero-order chi connectivity index (χ0) is 19.3. The maximum absolute atomic E-state index is 9.00. The van der Waals surface area contributed by atoms with Gasteiger partial charge in [0.15, 0.2) is 0 Å². The Hall–Kier alpha value is -1.97. The van der Waals surface area contributed by atoms with Crippen molar-refractivity contribution in [1.82, 2.24) is 0 Å². The minimum absolute atomic E-state index is 0.833. The van der Waals surface area contributed by atoms with Gasteiger partial charge in [-0.3, -0.25) is 14.4 Å². The molecule has 3 N–H and O–H groups in total. The van der Waals surface area contributed by atoms with Crippen molar-refractivity contribution < 1.29 is 29.7 Å². The van der Waals surface area contributed by atoms with Crippen LogP contribution in [0.25, 0.3) is 10.8 Å². The van der Waals surface area contributed by atoms with E-state index in [0.29, 0.717) is 0 Å². The van der Waals surface area contributed by atoms with E-state index in [4.69, 9.17) is 29.7 Å². The van der Waals surface area contributed by atoms with Gasteiger partial charge in [-0.2, -0.15) is 0 Å². The van der Waals surface area contributed by atoms with Gasteiger partial charge < -0.3 is 15.3 Å². The van der Waals surface area contributed by atoms with Crippen LogP contribution in [0.2, 0.25) is 0 Å². The SMILES string of the molecule is CC(=O)O.CC(=O)O.CC(=O)O.Cc1ccc2ccccc2[c]1[Pb]. The fraction of sp³-hybridized carbons (Fsp3) is 0.235. The number of benzene rings is 2. The third kappa shape index (κ3) is 14.9. The molecular weight excluding hydrogens is 507 g/mol. The minimum atomic E-state index is -0.833. The van der Waals surface area contributed by atoms with Gasteiger partial charge in [0, 0.05) is 20.8 Å². The summed E-state index contributed by atoms with van der Waals surface area (Å²) in [6.07, 6.45) is 0. The van der Waals surface area contributed by atoms with Crippen molar-refractivity contribution in [3.8, 4) is 0 Å². The summed E-state index contributed by atoms with van der Waals surface area (Å²) < 4.78 is 1.54. The molecule has 0 amide bonds. The second kappa shape index (κ2) is 13.5. The first-order valence-electron chi connectivity index (χ1n) is 6.77. The van der Waals surface area contributed by atoms with Crippen molar-refractivity contribution in [2.45, 2.75) is 27.7 Å². The third-order valence-electron chi connectivity index (χ3n) is 2.14. The van der Waals surface area contributed by atoms with Crippen LogP contribution in [0.15, 0.2) is 36.4 Å². The van der Waals surface area contributed by atoms with Gasteiger partial charge in [0.2, 0.25) is 0 Å². The van der Waals surface area contributed by atoms with Crippen molar-refractivity contribution in [3.63, 3.8) is 0 Å². The Balaban J connectivity index is 0. The van der Waals surface area contributed by atoms with Crippen LogP contribution < -0.4 is 3.12 Å². The van der Waals surface area contributed by atoms with Crippen LogP contribution in [0.3, 0.4) is 0 Å². The van der Waals surface area contributed by atoms with E-state index in [1.807, 2.05) is 0 Å². The second-order valence-electron chi connectivity index (χ2n) is 4.54. The van der Waals surface area contributed by atoms with Crippen LogP contribution in [-0.2, 0) is 14.4 Å². The van der Waals surface area contributed by atoms with E-state index in [0.717, 1.165) is 46.5 Å². The average Bonchev–Trinajstić information content (AvgIpc) is 2.41. The van der Waals surface area contributed by atoms with Crippen LogP contribution in [-0.4, -0.2) is 59.0 Å². The number of carboxylic acid groups (broad SMARTS) is 3. The molecule has 2 aromatic carbocycles. The third-order valence-corrected chi connectivity index (χ3v) is 4.72. The molecule has 0 aromatic heterocycles. The molecule has 24 heavy (non-hydrogen) atoms. The van der Waals surface area contributed by atoms with E-state index in [1.54, 1.807) is 0 Å². The predicted octanol–water partition coefficient (Wildman–Crippen LogP) is 2.21. The van der Waals surface area contributed by atoms with Crippen LogP contribution >= 0.6 is 0 Å². The Kier molecular flexibility index (Phi) is 13.6. The van der Waals surface area contributed by atoms with E-state index < -0.39 is 17.9 Å². The topological polar surface area (TPSA) is 112 Å². The number of hydrogen-bond acceptors (Lipinski definition) is 3. The summed E-state index contributed by atoms with van der Waals surface area (Å²) in [6.45, 7) is 5.44. The van der Waals surface area contributed by atoms with Gasteiger partial charge in [-0.25, -0.2) is 0 Å². The van der Waals surface area contributed by atoms with E-state index >= 15 is 0 Å². The first-order chi connectivity index (χ1) is 11.0. The standard InChI is InChI=1S/C11H9.3C2H4O2.Pb/c1-9-6-7-10-4-2-3-5-11(10)8-9;3*1-2(3)4;/h2-7H,1H3;3*1H3,(H,3,4);. The Morgan fingerprint density at radius 3 is 1.58 bits per heavy atom. The second-order valence-corrected chi connectivity index (χ2v) is 6.48. The van der Waals surface area contributed by atoms with Crippen molar-refractivity contribution in [2.24, 2.45) is 0 Å².